The number of hydrogen-bond donors (Lipinski definition) is 2. The monoisotopic (exact) mass is 461 g/mol. The van der Waals surface area contributed by atoms with Crippen molar-refractivity contribution < 1.29 is 19.1 Å². The van der Waals surface area contributed by atoms with E-state index in [1.165, 1.54) is 0 Å². The zero-order valence-corrected chi connectivity index (χ0v) is 19.5. The molecule has 2 amide bonds. The van der Waals surface area contributed by atoms with Gasteiger partial charge in [-0.1, -0.05) is 24.8 Å². The van der Waals surface area contributed by atoms with Gasteiger partial charge in [0.25, 0.3) is 5.91 Å². The van der Waals surface area contributed by atoms with Gasteiger partial charge < -0.3 is 25.0 Å². The lowest BCUT2D eigenvalue weighted by atomic mass is 9.79. The van der Waals surface area contributed by atoms with Gasteiger partial charge in [0.2, 0.25) is 0 Å². The Bertz CT molecular complexity index is 1080. The Kier molecular flexibility index (Phi) is 6.18. The van der Waals surface area contributed by atoms with Gasteiger partial charge in [-0.05, 0) is 67.6 Å². The molecule has 2 heterocycles. The van der Waals surface area contributed by atoms with Crippen LogP contribution in [0.1, 0.15) is 59.8 Å². The molecule has 7 heteroatoms. The summed E-state index contributed by atoms with van der Waals surface area (Å²) in [6.45, 7) is 7.00. The number of fused-ring (bicyclic) bond motifs is 3. The van der Waals surface area contributed by atoms with E-state index in [9.17, 15) is 9.59 Å². The predicted molar refractivity (Wildman–Crippen MR) is 130 cm³/mol. The van der Waals surface area contributed by atoms with Crippen molar-refractivity contribution in [1.29, 1.82) is 0 Å². The maximum atomic E-state index is 12.9. The number of nitrogens with zero attached hydrogens (tertiary/aromatic N) is 1. The van der Waals surface area contributed by atoms with Crippen LogP contribution in [0.2, 0.25) is 0 Å². The van der Waals surface area contributed by atoms with E-state index in [0.717, 1.165) is 41.8 Å². The van der Waals surface area contributed by atoms with Gasteiger partial charge in [-0.25, -0.2) is 4.79 Å². The molecule has 1 saturated heterocycles. The van der Waals surface area contributed by atoms with E-state index in [-0.39, 0.29) is 42.7 Å². The first-order chi connectivity index (χ1) is 16.6. The minimum Gasteiger partial charge on any atom is -0.494 e. The van der Waals surface area contributed by atoms with Crippen molar-refractivity contribution in [2.24, 2.45) is 5.92 Å². The Balaban J connectivity index is 1.49. The van der Waals surface area contributed by atoms with Crippen LogP contribution in [0, 0.1) is 5.92 Å². The van der Waals surface area contributed by atoms with Gasteiger partial charge in [0.15, 0.2) is 0 Å². The number of benzene rings is 2. The minimum absolute atomic E-state index is 0.0246. The minimum atomic E-state index is -0.349. The van der Waals surface area contributed by atoms with Crippen LogP contribution in [0.15, 0.2) is 55.1 Å². The van der Waals surface area contributed by atoms with Gasteiger partial charge in [-0.2, -0.15) is 0 Å². The molecular formula is C27H31N3O4. The molecule has 2 fully saturated rings. The largest absolute Gasteiger partial charge is 0.494 e. The van der Waals surface area contributed by atoms with Crippen molar-refractivity contribution >= 4 is 17.7 Å². The first-order valence-corrected chi connectivity index (χ1v) is 12.1. The second-order valence-corrected chi connectivity index (χ2v) is 9.13. The van der Waals surface area contributed by atoms with Crippen LogP contribution in [-0.2, 0) is 4.74 Å². The summed E-state index contributed by atoms with van der Waals surface area (Å²) < 4.78 is 11.0. The molecule has 2 aromatic rings. The maximum absolute atomic E-state index is 12.9. The lowest BCUT2D eigenvalue weighted by molar-refractivity contribution is 0.0950. The number of likely N-dealkylation sites (tertiary alicyclic amines) is 1. The van der Waals surface area contributed by atoms with Crippen LogP contribution >= 0.6 is 0 Å². The van der Waals surface area contributed by atoms with E-state index in [1.54, 1.807) is 11.0 Å². The lowest BCUT2D eigenvalue weighted by Crippen LogP contribution is -2.38. The van der Waals surface area contributed by atoms with Gasteiger partial charge in [-0.15, -0.1) is 0 Å². The van der Waals surface area contributed by atoms with E-state index in [4.69, 9.17) is 9.47 Å². The SMILES string of the molecule is C=CCOC(=O)N1CC[C@H]2C(c3ccc(OCC)cc3)Nc3ccc(C(=O)NC4CC4)cc3[C@H]21. The van der Waals surface area contributed by atoms with Crippen molar-refractivity contribution in [2.75, 3.05) is 25.1 Å². The molecule has 3 aliphatic rings. The van der Waals surface area contributed by atoms with Crippen molar-refractivity contribution in [3.8, 4) is 5.75 Å². The van der Waals surface area contributed by atoms with Crippen LogP contribution in [0.5, 0.6) is 5.75 Å². The van der Waals surface area contributed by atoms with Gasteiger partial charge in [0.1, 0.15) is 12.4 Å². The third kappa shape index (κ3) is 4.34. The highest BCUT2D eigenvalue weighted by Gasteiger charge is 2.47. The number of hydrogen-bond acceptors (Lipinski definition) is 5. The maximum Gasteiger partial charge on any atom is 0.410 e. The molecule has 2 N–H and O–H groups in total. The Morgan fingerprint density at radius 3 is 2.68 bits per heavy atom. The fourth-order valence-corrected chi connectivity index (χ4v) is 5.10. The van der Waals surface area contributed by atoms with Crippen molar-refractivity contribution in [1.82, 2.24) is 10.2 Å². The fraction of sp³-hybridized carbons (Fsp3) is 0.407. The zero-order valence-electron chi connectivity index (χ0n) is 19.5. The summed E-state index contributed by atoms with van der Waals surface area (Å²) in [5, 5.41) is 6.75. The summed E-state index contributed by atoms with van der Waals surface area (Å²) in [5.41, 5.74) is 3.66. The number of amides is 2. The molecule has 1 unspecified atom stereocenters. The van der Waals surface area contributed by atoms with Crippen molar-refractivity contribution in [2.45, 2.75) is 44.3 Å². The van der Waals surface area contributed by atoms with E-state index in [0.29, 0.717) is 18.7 Å². The van der Waals surface area contributed by atoms with Crippen molar-refractivity contribution in [3.63, 3.8) is 0 Å². The summed E-state index contributed by atoms with van der Waals surface area (Å²) in [4.78, 5) is 27.5. The summed E-state index contributed by atoms with van der Waals surface area (Å²) >= 11 is 0. The second kappa shape index (κ2) is 9.41. The fourth-order valence-electron chi connectivity index (χ4n) is 5.10. The van der Waals surface area contributed by atoms with E-state index < -0.39 is 0 Å². The molecular weight excluding hydrogens is 430 g/mol. The number of ether oxygens (including phenoxy) is 2. The Hall–Kier alpha value is -3.48. The van der Waals surface area contributed by atoms with Gasteiger partial charge in [0.05, 0.1) is 18.7 Å². The standard InChI is InChI=1S/C27H31N3O4/c1-3-15-34-27(32)30-14-13-21-24(17-5-10-20(11-6-17)33-4-2)29-23-12-7-18(16-22(23)25(21)30)26(31)28-19-8-9-19/h3,5-7,10-12,16,19,21,24-25,29H,1,4,8-9,13-15H2,2H3,(H,28,31)/t21-,24?,25-/m0/s1. The molecule has 0 bridgehead atoms. The highest BCUT2D eigenvalue weighted by Crippen LogP contribution is 2.51. The molecule has 2 aliphatic heterocycles. The normalized spacial score (nSPS) is 22.7. The quantitative estimate of drug-likeness (QED) is 0.578. The number of nitrogens with one attached hydrogen (secondary N) is 2. The molecule has 34 heavy (non-hydrogen) atoms. The summed E-state index contributed by atoms with van der Waals surface area (Å²) in [7, 11) is 0. The third-order valence-electron chi connectivity index (χ3n) is 6.84. The first-order valence-electron chi connectivity index (χ1n) is 12.1. The third-order valence-corrected chi connectivity index (χ3v) is 6.84. The lowest BCUT2D eigenvalue weighted by Gasteiger charge is -2.40. The predicted octanol–water partition coefficient (Wildman–Crippen LogP) is 4.83. The average Bonchev–Trinajstić information content (AvgIpc) is 3.56. The molecule has 0 aromatic heterocycles. The van der Waals surface area contributed by atoms with Gasteiger partial charge in [0, 0.05) is 29.8 Å². The molecule has 1 aliphatic carbocycles. The summed E-state index contributed by atoms with van der Waals surface area (Å²) in [6.07, 6.45) is 4.13. The van der Waals surface area contributed by atoms with E-state index in [2.05, 4.69) is 29.3 Å². The number of carbonyl (C=O) groups excluding carboxylic acids is 2. The topological polar surface area (TPSA) is 79.9 Å². The average molecular weight is 462 g/mol. The molecule has 7 nitrogen and oxygen atoms in total. The van der Waals surface area contributed by atoms with Crippen LogP contribution in [0.3, 0.4) is 0 Å². The molecule has 3 atom stereocenters. The molecule has 5 rings (SSSR count). The van der Waals surface area contributed by atoms with Crippen LogP contribution in [0.4, 0.5) is 10.5 Å². The van der Waals surface area contributed by atoms with Crippen molar-refractivity contribution in [3.05, 3.63) is 71.8 Å². The first kappa shape index (κ1) is 22.3. The molecule has 2 aromatic carbocycles. The van der Waals surface area contributed by atoms with E-state index >= 15 is 0 Å². The highest BCUT2D eigenvalue weighted by atomic mass is 16.6. The Morgan fingerprint density at radius 1 is 1.18 bits per heavy atom. The Morgan fingerprint density at radius 2 is 1.97 bits per heavy atom. The van der Waals surface area contributed by atoms with E-state index in [1.807, 2.05) is 37.3 Å². The molecule has 1 saturated carbocycles. The molecule has 178 valence electrons. The number of rotatable bonds is 7. The van der Waals surface area contributed by atoms with Gasteiger partial charge >= 0.3 is 6.09 Å². The van der Waals surface area contributed by atoms with Gasteiger partial charge in [-0.3, -0.25) is 4.79 Å². The van der Waals surface area contributed by atoms with Crippen LogP contribution in [-0.4, -0.2) is 42.7 Å². The zero-order chi connectivity index (χ0) is 23.7. The second-order valence-electron chi connectivity index (χ2n) is 9.13. The highest BCUT2D eigenvalue weighted by molar-refractivity contribution is 5.95. The Labute approximate surface area is 200 Å². The number of carbonyl (C=O) groups is 2. The number of anilines is 1. The molecule has 0 spiro atoms. The smallest absolute Gasteiger partial charge is 0.410 e. The van der Waals surface area contributed by atoms with Crippen LogP contribution in [0.25, 0.3) is 0 Å². The molecule has 0 radical (unpaired) electrons. The summed E-state index contributed by atoms with van der Waals surface area (Å²) in [5.74, 6) is 0.920. The van der Waals surface area contributed by atoms with Crippen LogP contribution < -0.4 is 15.4 Å². The summed E-state index contributed by atoms with van der Waals surface area (Å²) in [6, 6.07) is 14.0.